The Bertz CT molecular complexity index is 597. The van der Waals surface area contributed by atoms with E-state index in [0.29, 0.717) is 24.3 Å². The van der Waals surface area contributed by atoms with Crippen molar-refractivity contribution in [1.82, 2.24) is 0 Å². The second-order valence-electron chi connectivity index (χ2n) is 5.00. The van der Waals surface area contributed by atoms with Gasteiger partial charge in [-0.05, 0) is 36.8 Å². The number of fused-ring (bicyclic) bond motifs is 1. The third-order valence-corrected chi connectivity index (χ3v) is 3.00. The first-order valence-electron chi connectivity index (χ1n) is 7.57. The molecule has 0 atom stereocenters. The fraction of sp³-hybridized carbons (Fsp3) is 0.222. The predicted molar refractivity (Wildman–Crippen MR) is 91.9 cm³/mol. The summed E-state index contributed by atoms with van der Waals surface area (Å²) in [6, 6.07) is 8.80. The number of aryl methyl sites for hydroxylation is 2. The molecule has 1 aliphatic rings. The topological polar surface area (TPSA) is 149 Å². The maximum Gasteiger partial charge on any atom is 0.328 e. The van der Waals surface area contributed by atoms with Crippen molar-refractivity contribution in [3.63, 3.8) is 0 Å². The first-order chi connectivity index (χ1) is 12.2. The first-order valence-corrected chi connectivity index (χ1v) is 7.57. The van der Waals surface area contributed by atoms with Crippen molar-refractivity contribution in [1.29, 1.82) is 0 Å². The van der Waals surface area contributed by atoms with Gasteiger partial charge >= 0.3 is 23.9 Å². The van der Waals surface area contributed by atoms with Crippen molar-refractivity contribution < 1.29 is 39.6 Å². The molecule has 0 radical (unpaired) electrons. The lowest BCUT2D eigenvalue weighted by molar-refractivity contribution is -0.134. The van der Waals surface area contributed by atoms with Gasteiger partial charge in [0.05, 0.1) is 0 Å². The maximum absolute atomic E-state index is 9.55. The van der Waals surface area contributed by atoms with E-state index in [1.165, 1.54) is 25.7 Å². The molecule has 0 aromatic heterocycles. The fourth-order valence-electron chi connectivity index (χ4n) is 1.96. The smallest absolute Gasteiger partial charge is 0.328 e. The Labute approximate surface area is 149 Å². The van der Waals surface area contributed by atoms with Gasteiger partial charge in [-0.25, -0.2) is 19.2 Å². The molecule has 0 aliphatic heterocycles. The summed E-state index contributed by atoms with van der Waals surface area (Å²) in [6.45, 7) is 0. The third kappa shape index (κ3) is 13.1. The van der Waals surface area contributed by atoms with Crippen LogP contribution in [0.25, 0.3) is 0 Å². The first kappa shape index (κ1) is 22.6. The number of benzene rings is 1. The number of hydrogen-bond acceptors (Lipinski definition) is 4. The van der Waals surface area contributed by atoms with Gasteiger partial charge in [-0.15, -0.1) is 0 Å². The van der Waals surface area contributed by atoms with Gasteiger partial charge in [0.2, 0.25) is 0 Å². The van der Waals surface area contributed by atoms with E-state index >= 15 is 0 Å². The summed E-state index contributed by atoms with van der Waals surface area (Å²) in [7, 11) is 0. The zero-order chi connectivity index (χ0) is 19.9. The zero-order valence-electron chi connectivity index (χ0n) is 13.9. The normalized spacial score (nSPS) is 12.2. The van der Waals surface area contributed by atoms with Crippen molar-refractivity contribution in [2.45, 2.75) is 25.7 Å². The molecule has 0 heterocycles. The molecule has 8 nitrogen and oxygen atoms in total. The van der Waals surface area contributed by atoms with E-state index in [0.717, 1.165) is 0 Å². The molecule has 0 amide bonds. The van der Waals surface area contributed by atoms with Gasteiger partial charge in [0.25, 0.3) is 0 Å². The average Bonchev–Trinajstić information content (AvgIpc) is 2.59. The van der Waals surface area contributed by atoms with Gasteiger partial charge in [0, 0.05) is 24.3 Å². The minimum absolute atomic E-state index is 0.558. The van der Waals surface area contributed by atoms with E-state index < -0.39 is 23.9 Å². The lowest BCUT2D eigenvalue weighted by Crippen LogP contribution is -2.00. The van der Waals surface area contributed by atoms with Gasteiger partial charge in [-0.1, -0.05) is 24.3 Å². The molecular formula is C18H20O8. The molecule has 140 valence electrons. The van der Waals surface area contributed by atoms with Crippen molar-refractivity contribution in [3.8, 4) is 0 Å². The Morgan fingerprint density at radius 1 is 0.615 bits per heavy atom. The molecular weight excluding hydrogens is 344 g/mol. The van der Waals surface area contributed by atoms with Crippen molar-refractivity contribution in [3.05, 3.63) is 59.7 Å². The Kier molecular flexibility index (Phi) is 11.2. The van der Waals surface area contributed by atoms with Crippen LogP contribution in [0.1, 0.15) is 24.0 Å². The molecule has 0 saturated heterocycles. The predicted octanol–water partition coefficient (Wildman–Crippen LogP) is 1.99. The van der Waals surface area contributed by atoms with Crippen LogP contribution >= 0.6 is 0 Å². The molecule has 0 saturated carbocycles. The van der Waals surface area contributed by atoms with Gasteiger partial charge in [-0.2, -0.15) is 0 Å². The Balaban J connectivity index is 0.000000366. The number of carbonyl (C=O) groups is 4. The second-order valence-corrected chi connectivity index (χ2v) is 5.00. The van der Waals surface area contributed by atoms with Gasteiger partial charge in [-0.3, -0.25) is 0 Å². The van der Waals surface area contributed by atoms with Crippen LogP contribution in [0.15, 0.2) is 48.6 Å². The monoisotopic (exact) mass is 364 g/mol. The number of aliphatic carboxylic acids is 4. The van der Waals surface area contributed by atoms with Crippen LogP contribution in [0.5, 0.6) is 0 Å². The quantitative estimate of drug-likeness (QED) is 0.593. The molecule has 0 bridgehead atoms. The van der Waals surface area contributed by atoms with Crippen molar-refractivity contribution >= 4 is 23.9 Å². The molecule has 1 aromatic carbocycles. The van der Waals surface area contributed by atoms with E-state index in [1.807, 2.05) is 0 Å². The Hall–Kier alpha value is -3.42. The van der Waals surface area contributed by atoms with E-state index in [4.69, 9.17) is 20.4 Å². The van der Waals surface area contributed by atoms with Gasteiger partial charge in [0.15, 0.2) is 0 Å². The number of carboxylic acids is 4. The van der Waals surface area contributed by atoms with Crippen LogP contribution in [-0.4, -0.2) is 44.3 Å². The summed E-state index contributed by atoms with van der Waals surface area (Å²) >= 11 is 0. The third-order valence-electron chi connectivity index (χ3n) is 3.00. The van der Waals surface area contributed by atoms with Crippen molar-refractivity contribution in [2.24, 2.45) is 0 Å². The summed E-state index contributed by atoms with van der Waals surface area (Å²) in [5.41, 5.74) is 3.16. The van der Waals surface area contributed by atoms with Crippen LogP contribution < -0.4 is 0 Å². The lowest BCUT2D eigenvalue weighted by atomic mass is 9.92. The van der Waals surface area contributed by atoms with Gasteiger partial charge in [0.1, 0.15) is 0 Å². The van der Waals surface area contributed by atoms with Crippen LogP contribution in [-0.2, 0) is 32.0 Å². The highest BCUT2D eigenvalue weighted by atomic mass is 16.4. The molecule has 1 aliphatic carbocycles. The zero-order valence-corrected chi connectivity index (χ0v) is 13.9. The van der Waals surface area contributed by atoms with E-state index in [-0.39, 0.29) is 0 Å². The number of rotatable bonds is 4. The minimum atomic E-state index is -1.26. The molecule has 2 rings (SSSR count). The molecule has 26 heavy (non-hydrogen) atoms. The summed E-state index contributed by atoms with van der Waals surface area (Å²) in [5, 5.41) is 31.2. The van der Waals surface area contributed by atoms with Crippen molar-refractivity contribution in [2.75, 3.05) is 0 Å². The minimum Gasteiger partial charge on any atom is -0.478 e. The second kappa shape index (κ2) is 12.9. The molecule has 8 heteroatoms. The van der Waals surface area contributed by atoms with E-state index in [1.54, 1.807) is 11.1 Å². The van der Waals surface area contributed by atoms with Crippen LogP contribution in [0, 0.1) is 0 Å². The Morgan fingerprint density at radius 2 is 0.885 bits per heavy atom. The molecule has 4 N–H and O–H groups in total. The summed E-state index contributed by atoms with van der Waals surface area (Å²) in [5.74, 6) is -5.03. The Morgan fingerprint density at radius 3 is 1.12 bits per heavy atom. The maximum atomic E-state index is 9.55. The SMILES string of the molecule is O=C(O)C=CC(=O)O.O=C(O)C=CC(=O)O.c1ccc2c(c1)CCCC2. The highest BCUT2D eigenvalue weighted by Gasteiger charge is 2.06. The molecule has 0 unspecified atom stereocenters. The van der Waals surface area contributed by atoms with E-state index in [2.05, 4.69) is 24.3 Å². The fourth-order valence-corrected chi connectivity index (χ4v) is 1.96. The molecule has 0 spiro atoms. The average molecular weight is 364 g/mol. The standard InChI is InChI=1S/C10H12.2C4H4O4/c1-2-6-10-8-4-3-7-9(10)5-1;2*5-3(6)1-2-4(7)8/h1-2,5-6H,3-4,7-8H2;2*1-2H,(H,5,6)(H,7,8). The molecule has 1 aromatic rings. The highest BCUT2D eigenvalue weighted by Crippen LogP contribution is 2.19. The van der Waals surface area contributed by atoms with Gasteiger partial charge < -0.3 is 20.4 Å². The molecule has 0 fully saturated rings. The summed E-state index contributed by atoms with van der Waals surface area (Å²) in [4.78, 5) is 38.2. The summed E-state index contributed by atoms with van der Waals surface area (Å²) in [6.07, 6.45) is 7.61. The number of carboxylic acid groups (broad SMARTS) is 4. The highest BCUT2D eigenvalue weighted by molar-refractivity contribution is 5.90. The van der Waals surface area contributed by atoms with Crippen LogP contribution in [0.3, 0.4) is 0 Å². The number of hydrogen-bond donors (Lipinski definition) is 4. The van der Waals surface area contributed by atoms with E-state index in [9.17, 15) is 19.2 Å². The summed E-state index contributed by atoms with van der Waals surface area (Å²) < 4.78 is 0. The van der Waals surface area contributed by atoms with Crippen LogP contribution in [0.2, 0.25) is 0 Å². The largest absolute Gasteiger partial charge is 0.478 e. The van der Waals surface area contributed by atoms with Crippen LogP contribution in [0.4, 0.5) is 0 Å². The lowest BCUT2D eigenvalue weighted by Gasteiger charge is -2.13.